The summed E-state index contributed by atoms with van der Waals surface area (Å²) in [6, 6.07) is 10.8. The first-order valence-electron chi connectivity index (χ1n) is 5.79. The lowest BCUT2D eigenvalue weighted by Gasteiger charge is -2.13. The Hall–Kier alpha value is -1.78. The number of rotatable bonds is 3. The molecule has 3 rings (SSSR count). The fourth-order valence-corrected chi connectivity index (χ4v) is 3.28. The van der Waals surface area contributed by atoms with Gasteiger partial charge in [0.2, 0.25) is 0 Å². The minimum atomic E-state index is 0.156. The van der Waals surface area contributed by atoms with Crippen LogP contribution in [0.1, 0.15) is 16.5 Å². The summed E-state index contributed by atoms with van der Waals surface area (Å²) < 4.78 is 1.31. The van der Waals surface area contributed by atoms with Gasteiger partial charge in [-0.1, -0.05) is 18.2 Å². The summed E-state index contributed by atoms with van der Waals surface area (Å²) in [5.41, 5.74) is 1.09. The second-order valence-corrected chi connectivity index (χ2v) is 5.20. The van der Waals surface area contributed by atoms with Crippen molar-refractivity contribution in [1.82, 2.24) is 15.3 Å². The van der Waals surface area contributed by atoms with Crippen molar-refractivity contribution >= 4 is 21.4 Å². The van der Waals surface area contributed by atoms with Crippen LogP contribution in [0.15, 0.2) is 49.1 Å². The normalized spacial score (nSPS) is 12.7. The molecule has 1 N–H and O–H groups in total. The summed E-state index contributed by atoms with van der Waals surface area (Å²) in [5.74, 6) is 0. The van der Waals surface area contributed by atoms with Gasteiger partial charge < -0.3 is 5.32 Å². The SMILES string of the molecule is CNC(c1cncnc1)c1cc2ccccc2s1. The van der Waals surface area contributed by atoms with Crippen LogP contribution in [0.4, 0.5) is 0 Å². The van der Waals surface area contributed by atoms with Crippen LogP contribution in [-0.4, -0.2) is 17.0 Å². The van der Waals surface area contributed by atoms with E-state index in [1.807, 2.05) is 19.4 Å². The van der Waals surface area contributed by atoms with Crippen molar-refractivity contribution in [3.8, 4) is 0 Å². The van der Waals surface area contributed by atoms with Crippen molar-refractivity contribution in [2.75, 3.05) is 7.05 Å². The van der Waals surface area contributed by atoms with Gasteiger partial charge in [-0.3, -0.25) is 0 Å². The Bertz CT molecular complexity index is 615. The Kier molecular flexibility index (Phi) is 3.04. The first-order valence-corrected chi connectivity index (χ1v) is 6.61. The number of nitrogens with one attached hydrogen (secondary N) is 1. The zero-order valence-electron chi connectivity index (χ0n) is 10.00. The second kappa shape index (κ2) is 4.84. The number of benzene rings is 1. The highest BCUT2D eigenvalue weighted by Crippen LogP contribution is 2.32. The molecule has 1 unspecified atom stereocenters. The maximum atomic E-state index is 4.09. The molecule has 0 aliphatic rings. The predicted octanol–water partition coefficient (Wildman–Crippen LogP) is 3.00. The van der Waals surface area contributed by atoms with Crippen LogP contribution in [0.2, 0.25) is 0 Å². The van der Waals surface area contributed by atoms with E-state index >= 15 is 0 Å². The van der Waals surface area contributed by atoms with Gasteiger partial charge >= 0.3 is 0 Å². The fourth-order valence-electron chi connectivity index (χ4n) is 2.08. The van der Waals surface area contributed by atoms with Crippen molar-refractivity contribution < 1.29 is 0 Å². The van der Waals surface area contributed by atoms with Gasteiger partial charge in [0.05, 0.1) is 6.04 Å². The number of aromatic nitrogens is 2. The Morgan fingerprint density at radius 2 is 1.94 bits per heavy atom. The standard InChI is InChI=1S/C14H13N3S/c1-15-14(11-7-16-9-17-8-11)13-6-10-4-2-3-5-12(10)18-13/h2-9,14-15H,1H3. The first-order chi connectivity index (χ1) is 8.88. The van der Waals surface area contributed by atoms with Crippen LogP contribution < -0.4 is 5.32 Å². The average Bonchev–Trinajstić information content (AvgIpc) is 2.84. The van der Waals surface area contributed by atoms with E-state index in [-0.39, 0.29) is 6.04 Å². The molecule has 0 fully saturated rings. The van der Waals surface area contributed by atoms with E-state index in [2.05, 4.69) is 45.6 Å². The molecule has 3 nitrogen and oxygen atoms in total. The summed E-state index contributed by atoms with van der Waals surface area (Å²) in [6.45, 7) is 0. The molecule has 0 spiro atoms. The summed E-state index contributed by atoms with van der Waals surface area (Å²) in [6.07, 6.45) is 5.28. The fraction of sp³-hybridized carbons (Fsp3) is 0.143. The molecule has 2 heterocycles. The third-order valence-electron chi connectivity index (χ3n) is 2.93. The molecule has 0 radical (unpaired) electrons. The van der Waals surface area contributed by atoms with E-state index in [4.69, 9.17) is 0 Å². The highest BCUT2D eigenvalue weighted by atomic mass is 32.1. The minimum Gasteiger partial charge on any atom is -0.309 e. The van der Waals surface area contributed by atoms with E-state index in [0.29, 0.717) is 0 Å². The lowest BCUT2D eigenvalue weighted by molar-refractivity contribution is 0.696. The Morgan fingerprint density at radius 1 is 1.17 bits per heavy atom. The van der Waals surface area contributed by atoms with Crippen LogP contribution in [0.3, 0.4) is 0 Å². The summed E-state index contributed by atoms with van der Waals surface area (Å²) in [5, 5.41) is 4.61. The molecule has 18 heavy (non-hydrogen) atoms. The van der Waals surface area contributed by atoms with Crippen molar-refractivity contribution in [3.63, 3.8) is 0 Å². The van der Waals surface area contributed by atoms with Gasteiger partial charge in [-0.15, -0.1) is 11.3 Å². The number of hydrogen-bond donors (Lipinski definition) is 1. The molecular weight excluding hydrogens is 242 g/mol. The van der Waals surface area contributed by atoms with Crippen molar-refractivity contribution in [3.05, 3.63) is 59.5 Å². The smallest absolute Gasteiger partial charge is 0.115 e. The summed E-state index contributed by atoms with van der Waals surface area (Å²) >= 11 is 1.81. The van der Waals surface area contributed by atoms with E-state index < -0.39 is 0 Å². The van der Waals surface area contributed by atoms with Crippen molar-refractivity contribution in [2.45, 2.75) is 6.04 Å². The Balaban J connectivity index is 2.06. The van der Waals surface area contributed by atoms with Gasteiger partial charge in [0, 0.05) is 27.5 Å². The van der Waals surface area contributed by atoms with Crippen LogP contribution in [0.5, 0.6) is 0 Å². The number of thiophene rings is 1. The Morgan fingerprint density at radius 3 is 2.67 bits per heavy atom. The van der Waals surface area contributed by atoms with E-state index in [9.17, 15) is 0 Å². The summed E-state index contributed by atoms with van der Waals surface area (Å²) in [7, 11) is 1.96. The van der Waals surface area contributed by atoms with E-state index in [1.54, 1.807) is 17.7 Å². The number of fused-ring (bicyclic) bond motifs is 1. The van der Waals surface area contributed by atoms with Crippen LogP contribution in [-0.2, 0) is 0 Å². The number of nitrogens with zero attached hydrogens (tertiary/aromatic N) is 2. The lowest BCUT2D eigenvalue weighted by Crippen LogP contribution is -2.16. The minimum absolute atomic E-state index is 0.156. The average molecular weight is 255 g/mol. The molecule has 1 atom stereocenters. The van der Waals surface area contributed by atoms with E-state index in [1.165, 1.54) is 15.0 Å². The maximum absolute atomic E-state index is 4.09. The highest BCUT2D eigenvalue weighted by molar-refractivity contribution is 7.19. The Labute approximate surface area is 110 Å². The molecule has 3 aromatic rings. The third kappa shape index (κ3) is 2.00. The van der Waals surface area contributed by atoms with Gasteiger partial charge in [-0.05, 0) is 24.6 Å². The molecule has 0 aliphatic carbocycles. The molecule has 4 heteroatoms. The maximum Gasteiger partial charge on any atom is 0.115 e. The van der Waals surface area contributed by atoms with Crippen LogP contribution in [0.25, 0.3) is 10.1 Å². The highest BCUT2D eigenvalue weighted by Gasteiger charge is 2.15. The molecule has 0 aliphatic heterocycles. The number of hydrogen-bond acceptors (Lipinski definition) is 4. The van der Waals surface area contributed by atoms with Crippen molar-refractivity contribution in [2.24, 2.45) is 0 Å². The van der Waals surface area contributed by atoms with E-state index in [0.717, 1.165) is 5.56 Å². The van der Waals surface area contributed by atoms with Gasteiger partial charge in [0.25, 0.3) is 0 Å². The van der Waals surface area contributed by atoms with Gasteiger partial charge in [-0.2, -0.15) is 0 Å². The monoisotopic (exact) mass is 255 g/mol. The molecule has 0 bridgehead atoms. The molecule has 0 saturated carbocycles. The second-order valence-electron chi connectivity index (χ2n) is 4.08. The van der Waals surface area contributed by atoms with Crippen LogP contribution >= 0.6 is 11.3 Å². The quantitative estimate of drug-likeness (QED) is 0.781. The predicted molar refractivity (Wildman–Crippen MR) is 74.8 cm³/mol. The molecule has 2 aromatic heterocycles. The van der Waals surface area contributed by atoms with Gasteiger partial charge in [-0.25, -0.2) is 9.97 Å². The lowest BCUT2D eigenvalue weighted by atomic mass is 10.1. The molecular formula is C14H13N3S. The van der Waals surface area contributed by atoms with Gasteiger partial charge in [0.1, 0.15) is 6.33 Å². The first kappa shape index (κ1) is 11.3. The zero-order chi connectivity index (χ0) is 12.4. The summed E-state index contributed by atoms with van der Waals surface area (Å²) in [4.78, 5) is 9.46. The molecule has 0 amide bonds. The molecule has 90 valence electrons. The zero-order valence-corrected chi connectivity index (χ0v) is 10.8. The molecule has 0 saturated heterocycles. The molecule has 1 aromatic carbocycles. The largest absolute Gasteiger partial charge is 0.309 e. The van der Waals surface area contributed by atoms with Crippen LogP contribution in [0, 0.1) is 0 Å². The third-order valence-corrected chi connectivity index (χ3v) is 4.11. The topological polar surface area (TPSA) is 37.8 Å². The van der Waals surface area contributed by atoms with Crippen molar-refractivity contribution in [1.29, 1.82) is 0 Å². The van der Waals surface area contributed by atoms with Gasteiger partial charge in [0.15, 0.2) is 0 Å².